The molecule has 0 bridgehead atoms. The average Bonchev–Trinajstić information content (AvgIpc) is 2.34. The number of rotatable bonds is 5. The number of carbonyl (C=O) groups excluding carboxylic acids is 1. The van der Waals surface area contributed by atoms with Crippen molar-refractivity contribution in [2.75, 3.05) is 13.6 Å². The van der Waals surface area contributed by atoms with Crippen LogP contribution < -0.4 is 10.6 Å². The minimum atomic E-state index is -0.407. The number of amides is 1. The standard InChI is InChI=1S/C17H28N2O/c1-11-8-12(2)15(13(3)9-11)14(4)19-10-17(5,6)16(20)18-7/h8-9,14,19H,10H2,1-7H3,(H,18,20). The highest BCUT2D eigenvalue weighted by Gasteiger charge is 2.27. The Hall–Kier alpha value is -1.35. The minimum Gasteiger partial charge on any atom is -0.359 e. The lowest BCUT2D eigenvalue weighted by molar-refractivity contribution is -0.128. The molecule has 2 N–H and O–H groups in total. The summed E-state index contributed by atoms with van der Waals surface area (Å²) in [5.41, 5.74) is 4.83. The van der Waals surface area contributed by atoms with Crippen LogP contribution in [0.4, 0.5) is 0 Å². The lowest BCUT2D eigenvalue weighted by Gasteiger charge is -2.27. The van der Waals surface area contributed by atoms with Gasteiger partial charge in [0, 0.05) is 19.6 Å². The Balaban J connectivity index is 2.83. The Morgan fingerprint density at radius 2 is 1.70 bits per heavy atom. The molecule has 1 amide bonds. The predicted octanol–water partition coefficient (Wildman–Crippen LogP) is 3.03. The summed E-state index contributed by atoms with van der Waals surface area (Å²) in [5, 5.41) is 6.21. The van der Waals surface area contributed by atoms with Gasteiger partial charge in [-0.25, -0.2) is 0 Å². The summed E-state index contributed by atoms with van der Waals surface area (Å²) >= 11 is 0. The van der Waals surface area contributed by atoms with Gasteiger partial charge in [-0.2, -0.15) is 0 Å². The summed E-state index contributed by atoms with van der Waals surface area (Å²) in [5.74, 6) is 0.0644. The van der Waals surface area contributed by atoms with Crippen molar-refractivity contribution in [2.24, 2.45) is 5.41 Å². The third-order valence-electron chi connectivity index (χ3n) is 3.86. The van der Waals surface area contributed by atoms with Crippen LogP contribution >= 0.6 is 0 Å². The van der Waals surface area contributed by atoms with Gasteiger partial charge in [0.05, 0.1) is 5.41 Å². The van der Waals surface area contributed by atoms with E-state index >= 15 is 0 Å². The third kappa shape index (κ3) is 3.83. The van der Waals surface area contributed by atoms with Crippen LogP contribution in [0.3, 0.4) is 0 Å². The zero-order chi connectivity index (χ0) is 15.5. The van der Waals surface area contributed by atoms with E-state index in [1.165, 1.54) is 22.3 Å². The van der Waals surface area contributed by atoms with E-state index in [-0.39, 0.29) is 11.9 Å². The van der Waals surface area contributed by atoms with E-state index in [4.69, 9.17) is 0 Å². The maximum absolute atomic E-state index is 11.8. The van der Waals surface area contributed by atoms with Crippen LogP contribution in [0.5, 0.6) is 0 Å². The molecule has 0 saturated heterocycles. The molecule has 0 saturated carbocycles. The Kier molecular flexibility index (Phi) is 5.35. The highest BCUT2D eigenvalue weighted by atomic mass is 16.2. The molecule has 0 spiro atoms. The second kappa shape index (κ2) is 6.40. The maximum Gasteiger partial charge on any atom is 0.226 e. The predicted molar refractivity (Wildman–Crippen MR) is 84.9 cm³/mol. The number of hydrogen-bond donors (Lipinski definition) is 2. The van der Waals surface area contributed by atoms with Crippen LogP contribution in [0, 0.1) is 26.2 Å². The van der Waals surface area contributed by atoms with Gasteiger partial charge in [0.15, 0.2) is 0 Å². The first-order chi connectivity index (χ1) is 9.19. The number of benzene rings is 1. The van der Waals surface area contributed by atoms with Crippen LogP contribution in [0.25, 0.3) is 0 Å². The molecular weight excluding hydrogens is 248 g/mol. The normalized spacial score (nSPS) is 13.2. The highest BCUT2D eigenvalue weighted by Crippen LogP contribution is 2.24. The van der Waals surface area contributed by atoms with Gasteiger partial charge in [-0.1, -0.05) is 17.7 Å². The van der Waals surface area contributed by atoms with Crippen molar-refractivity contribution in [1.29, 1.82) is 0 Å². The second-order valence-electron chi connectivity index (χ2n) is 6.38. The van der Waals surface area contributed by atoms with Crippen molar-refractivity contribution in [3.8, 4) is 0 Å². The number of aryl methyl sites for hydroxylation is 3. The lowest BCUT2D eigenvalue weighted by atomic mass is 9.90. The molecule has 1 unspecified atom stereocenters. The van der Waals surface area contributed by atoms with E-state index in [9.17, 15) is 4.79 Å². The highest BCUT2D eigenvalue weighted by molar-refractivity contribution is 5.81. The molecule has 0 aliphatic carbocycles. The molecule has 1 aromatic carbocycles. The average molecular weight is 276 g/mol. The van der Waals surface area contributed by atoms with Crippen LogP contribution in [-0.4, -0.2) is 19.5 Å². The Morgan fingerprint density at radius 3 is 2.15 bits per heavy atom. The molecule has 1 atom stereocenters. The van der Waals surface area contributed by atoms with E-state index in [1.54, 1.807) is 7.05 Å². The molecule has 0 radical (unpaired) electrons. The van der Waals surface area contributed by atoms with Crippen molar-refractivity contribution in [2.45, 2.75) is 47.6 Å². The van der Waals surface area contributed by atoms with Gasteiger partial charge in [-0.3, -0.25) is 4.79 Å². The van der Waals surface area contributed by atoms with Crippen molar-refractivity contribution >= 4 is 5.91 Å². The summed E-state index contributed by atoms with van der Waals surface area (Å²) in [4.78, 5) is 11.8. The van der Waals surface area contributed by atoms with Crippen LogP contribution in [0.2, 0.25) is 0 Å². The van der Waals surface area contributed by atoms with E-state index in [2.05, 4.69) is 50.5 Å². The molecule has 0 heterocycles. The third-order valence-corrected chi connectivity index (χ3v) is 3.86. The summed E-state index contributed by atoms with van der Waals surface area (Å²) in [6.07, 6.45) is 0. The Morgan fingerprint density at radius 1 is 1.20 bits per heavy atom. The van der Waals surface area contributed by atoms with Gasteiger partial charge in [0.2, 0.25) is 5.91 Å². The Labute approximate surface area is 123 Å². The molecular formula is C17H28N2O. The van der Waals surface area contributed by atoms with Crippen LogP contribution in [0.15, 0.2) is 12.1 Å². The molecule has 0 aliphatic heterocycles. The Bertz CT molecular complexity index is 469. The fourth-order valence-corrected chi connectivity index (χ4v) is 2.80. The second-order valence-corrected chi connectivity index (χ2v) is 6.38. The molecule has 112 valence electrons. The first-order valence-corrected chi connectivity index (χ1v) is 7.22. The smallest absolute Gasteiger partial charge is 0.226 e. The van der Waals surface area contributed by atoms with Gasteiger partial charge < -0.3 is 10.6 Å². The van der Waals surface area contributed by atoms with Crippen molar-refractivity contribution < 1.29 is 4.79 Å². The van der Waals surface area contributed by atoms with Crippen molar-refractivity contribution in [1.82, 2.24) is 10.6 Å². The molecule has 1 aromatic rings. The van der Waals surface area contributed by atoms with E-state index in [1.807, 2.05) is 13.8 Å². The van der Waals surface area contributed by atoms with E-state index < -0.39 is 5.41 Å². The largest absolute Gasteiger partial charge is 0.359 e. The molecule has 0 fully saturated rings. The van der Waals surface area contributed by atoms with Gasteiger partial charge in [-0.15, -0.1) is 0 Å². The first-order valence-electron chi connectivity index (χ1n) is 7.22. The number of carbonyl (C=O) groups is 1. The molecule has 3 heteroatoms. The number of nitrogens with one attached hydrogen (secondary N) is 2. The minimum absolute atomic E-state index is 0.0644. The summed E-state index contributed by atoms with van der Waals surface area (Å²) < 4.78 is 0. The van der Waals surface area contributed by atoms with Crippen molar-refractivity contribution in [3.63, 3.8) is 0 Å². The summed E-state index contributed by atoms with van der Waals surface area (Å²) in [6, 6.07) is 4.66. The molecule has 0 aliphatic rings. The zero-order valence-corrected chi connectivity index (χ0v) is 13.8. The van der Waals surface area contributed by atoms with Crippen LogP contribution in [0.1, 0.15) is 49.1 Å². The maximum atomic E-state index is 11.8. The SMILES string of the molecule is CNC(=O)C(C)(C)CNC(C)c1c(C)cc(C)cc1C. The number of hydrogen-bond acceptors (Lipinski definition) is 2. The zero-order valence-electron chi connectivity index (χ0n) is 13.8. The topological polar surface area (TPSA) is 41.1 Å². The fourth-order valence-electron chi connectivity index (χ4n) is 2.80. The molecule has 0 aromatic heterocycles. The molecule has 1 rings (SSSR count). The van der Waals surface area contributed by atoms with Gasteiger partial charge in [-0.05, 0) is 58.2 Å². The van der Waals surface area contributed by atoms with Crippen LogP contribution in [-0.2, 0) is 4.79 Å². The lowest BCUT2D eigenvalue weighted by Crippen LogP contribution is -2.42. The quantitative estimate of drug-likeness (QED) is 0.868. The fraction of sp³-hybridized carbons (Fsp3) is 0.588. The molecule has 3 nitrogen and oxygen atoms in total. The van der Waals surface area contributed by atoms with Gasteiger partial charge >= 0.3 is 0 Å². The summed E-state index contributed by atoms with van der Waals surface area (Å²) in [7, 11) is 1.68. The van der Waals surface area contributed by atoms with E-state index in [0.717, 1.165) is 0 Å². The first kappa shape index (κ1) is 16.7. The monoisotopic (exact) mass is 276 g/mol. The summed E-state index contributed by atoms with van der Waals surface area (Å²) in [6.45, 7) is 13.2. The van der Waals surface area contributed by atoms with Crippen molar-refractivity contribution in [3.05, 3.63) is 34.4 Å². The molecule has 20 heavy (non-hydrogen) atoms. The van der Waals surface area contributed by atoms with Gasteiger partial charge in [0.1, 0.15) is 0 Å². The van der Waals surface area contributed by atoms with E-state index in [0.29, 0.717) is 6.54 Å². The van der Waals surface area contributed by atoms with Gasteiger partial charge in [0.25, 0.3) is 0 Å².